The zero-order valence-electron chi connectivity index (χ0n) is 7.82. The molecule has 0 aliphatic carbocycles. The Hall–Kier alpha value is -1.56. The summed E-state index contributed by atoms with van der Waals surface area (Å²) in [6, 6.07) is 4.09. The Morgan fingerprint density at radius 2 is 1.81 bits per heavy atom. The number of benzene rings is 1. The van der Waals surface area contributed by atoms with Crippen LogP contribution in [0.4, 0.5) is 8.78 Å². The fourth-order valence-electron chi connectivity index (χ4n) is 0.999. The van der Waals surface area contributed by atoms with E-state index in [1.165, 1.54) is 18.2 Å². The first kappa shape index (κ1) is 10.9. The van der Waals surface area contributed by atoms with Gasteiger partial charge in [0.25, 0.3) is 0 Å². The van der Waals surface area contributed by atoms with Crippen LogP contribution in [-0.2, 0) is 0 Å². The number of hydrogen-bond donors (Lipinski definition) is 0. The van der Waals surface area contributed by atoms with Crippen molar-refractivity contribution < 1.29 is 13.5 Å². The van der Waals surface area contributed by atoms with Crippen molar-refractivity contribution in [2.75, 3.05) is 0 Å². The van der Waals surface area contributed by atoms with Crippen LogP contribution in [0.5, 0.6) is 11.8 Å². The first-order valence-corrected chi connectivity index (χ1v) is 5.05. The standard InChI is InChI=1S/C10H5BrF2N2O/c11-8-3-7(1-2-9(8)13)16-10-14-4-6(12)5-15-10/h1-5H. The molecule has 0 fully saturated rings. The van der Waals surface area contributed by atoms with E-state index >= 15 is 0 Å². The zero-order valence-corrected chi connectivity index (χ0v) is 9.41. The van der Waals surface area contributed by atoms with E-state index in [1.54, 1.807) is 0 Å². The molecule has 0 aliphatic heterocycles. The third-order valence-electron chi connectivity index (χ3n) is 1.70. The smallest absolute Gasteiger partial charge is 0.322 e. The van der Waals surface area contributed by atoms with Gasteiger partial charge >= 0.3 is 6.01 Å². The highest BCUT2D eigenvalue weighted by atomic mass is 79.9. The van der Waals surface area contributed by atoms with Crippen LogP contribution in [-0.4, -0.2) is 9.97 Å². The second-order valence-corrected chi connectivity index (χ2v) is 3.72. The molecule has 0 bridgehead atoms. The van der Waals surface area contributed by atoms with Crippen LogP contribution >= 0.6 is 15.9 Å². The Morgan fingerprint density at radius 3 is 2.44 bits per heavy atom. The lowest BCUT2D eigenvalue weighted by molar-refractivity contribution is 0.434. The molecule has 0 radical (unpaired) electrons. The molecule has 0 saturated heterocycles. The van der Waals surface area contributed by atoms with Gasteiger partial charge in [0.2, 0.25) is 0 Å². The van der Waals surface area contributed by atoms with Gasteiger partial charge in [-0.2, -0.15) is 0 Å². The van der Waals surface area contributed by atoms with Gasteiger partial charge in [-0.25, -0.2) is 18.7 Å². The molecule has 1 aromatic heterocycles. The minimum atomic E-state index is -0.548. The van der Waals surface area contributed by atoms with E-state index in [0.717, 1.165) is 12.4 Å². The molecule has 1 aromatic carbocycles. The maximum Gasteiger partial charge on any atom is 0.322 e. The van der Waals surface area contributed by atoms with Crippen LogP contribution in [0, 0.1) is 11.6 Å². The monoisotopic (exact) mass is 286 g/mol. The molecule has 0 amide bonds. The first-order chi connectivity index (χ1) is 7.65. The number of hydrogen-bond acceptors (Lipinski definition) is 3. The van der Waals surface area contributed by atoms with Crippen LogP contribution in [0.15, 0.2) is 35.1 Å². The summed E-state index contributed by atoms with van der Waals surface area (Å²) in [5, 5.41) is 0. The van der Waals surface area contributed by atoms with Gasteiger partial charge < -0.3 is 4.74 Å². The predicted octanol–water partition coefficient (Wildman–Crippen LogP) is 3.31. The molecule has 3 nitrogen and oxygen atoms in total. The minimum absolute atomic E-state index is 0.0000850. The zero-order chi connectivity index (χ0) is 11.5. The third kappa shape index (κ3) is 2.52. The molecule has 2 rings (SSSR count). The molecular formula is C10H5BrF2N2O. The van der Waals surface area contributed by atoms with E-state index in [-0.39, 0.29) is 10.5 Å². The van der Waals surface area contributed by atoms with Crippen molar-refractivity contribution in [2.24, 2.45) is 0 Å². The molecule has 82 valence electrons. The fraction of sp³-hybridized carbons (Fsp3) is 0. The molecular weight excluding hydrogens is 282 g/mol. The van der Waals surface area contributed by atoms with Gasteiger partial charge in [0.15, 0.2) is 5.82 Å². The number of nitrogens with zero attached hydrogens (tertiary/aromatic N) is 2. The van der Waals surface area contributed by atoms with Crippen molar-refractivity contribution in [1.82, 2.24) is 9.97 Å². The lowest BCUT2D eigenvalue weighted by atomic mass is 10.3. The molecule has 0 aliphatic rings. The molecule has 0 spiro atoms. The highest BCUT2D eigenvalue weighted by Crippen LogP contribution is 2.24. The molecule has 1 heterocycles. The van der Waals surface area contributed by atoms with Crippen LogP contribution in [0.1, 0.15) is 0 Å². The Bertz CT molecular complexity index is 505. The summed E-state index contributed by atoms with van der Waals surface area (Å²) >= 11 is 3.02. The SMILES string of the molecule is Fc1cnc(Oc2ccc(F)c(Br)c2)nc1. The van der Waals surface area contributed by atoms with E-state index in [4.69, 9.17) is 4.74 Å². The number of ether oxygens (including phenoxy) is 1. The summed E-state index contributed by atoms with van der Waals surface area (Å²) in [6.45, 7) is 0. The second kappa shape index (κ2) is 4.52. The summed E-state index contributed by atoms with van der Waals surface area (Å²) in [4.78, 5) is 7.22. The van der Waals surface area contributed by atoms with Gasteiger partial charge in [-0.15, -0.1) is 0 Å². The van der Waals surface area contributed by atoms with Gasteiger partial charge in [-0.1, -0.05) is 0 Å². The second-order valence-electron chi connectivity index (χ2n) is 2.86. The maximum atomic E-state index is 12.9. The molecule has 0 saturated carbocycles. The van der Waals surface area contributed by atoms with Crippen molar-refractivity contribution in [1.29, 1.82) is 0 Å². The van der Waals surface area contributed by atoms with Gasteiger partial charge in [0.1, 0.15) is 11.6 Å². The molecule has 16 heavy (non-hydrogen) atoms. The van der Waals surface area contributed by atoms with Crippen LogP contribution < -0.4 is 4.74 Å². The quantitative estimate of drug-likeness (QED) is 0.850. The molecule has 2 aromatic rings. The summed E-state index contributed by atoms with van der Waals surface area (Å²) in [5.41, 5.74) is 0. The molecule has 0 atom stereocenters. The largest absolute Gasteiger partial charge is 0.424 e. The lowest BCUT2D eigenvalue weighted by Crippen LogP contribution is -1.92. The van der Waals surface area contributed by atoms with Gasteiger partial charge in [-0.3, -0.25) is 0 Å². The minimum Gasteiger partial charge on any atom is -0.424 e. The Labute approximate surface area is 98.2 Å². The highest BCUT2D eigenvalue weighted by Gasteiger charge is 2.04. The number of halogens is 3. The summed E-state index contributed by atoms with van der Waals surface area (Å²) < 4.78 is 30.9. The molecule has 0 unspecified atom stereocenters. The molecule has 6 heteroatoms. The van der Waals surface area contributed by atoms with E-state index < -0.39 is 11.6 Å². The van der Waals surface area contributed by atoms with Crippen LogP contribution in [0.2, 0.25) is 0 Å². The van der Waals surface area contributed by atoms with Crippen molar-refractivity contribution in [3.63, 3.8) is 0 Å². The van der Waals surface area contributed by atoms with E-state index in [1.807, 2.05) is 0 Å². The lowest BCUT2D eigenvalue weighted by Gasteiger charge is -2.03. The average Bonchev–Trinajstić information content (AvgIpc) is 2.27. The maximum absolute atomic E-state index is 12.9. The predicted molar refractivity (Wildman–Crippen MR) is 56.2 cm³/mol. The molecule has 0 N–H and O–H groups in total. The Morgan fingerprint density at radius 1 is 1.12 bits per heavy atom. The first-order valence-electron chi connectivity index (χ1n) is 4.25. The van der Waals surface area contributed by atoms with E-state index in [0.29, 0.717) is 5.75 Å². The Kier molecular flexibility index (Phi) is 3.09. The Balaban J connectivity index is 2.20. The van der Waals surface area contributed by atoms with Crippen molar-refractivity contribution in [3.8, 4) is 11.8 Å². The highest BCUT2D eigenvalue weighted by molar-refractivity contribution is 9.10. The normalized spacial score (nSPS) is 10.2. The van der Waals surface area contributed by atoms with Crippen molar-refractivity contribution in [3.05, 3.63) is 46.7 Å². The number of aromatic nitrogens is 2. The number of rotatable bonds is 2. The van der Waals surface area contributed by atoms with Gasteiger partial charge in [-0.05, 0) is 34.1 Å². The summed E-state index contributed by atoms with van der Waals surface area (Å²) in [7, 11) is 0. The third-order valence-corrected chi connectivity index (χ3v) is 2.30. The van der Waals surface area contributed by atoms with Crippen LogP contribution in [0.25, 0.3) is 0 Å². The van der Waals surface area contributed by atoms with E-state index in [2.05, 4.69) is 25.9 Å². The van der Waals surface area contributed by atoms with Crippen LogP contribution in [0.3, 0.4) is 0 Å². The van der Waals surface area contributed by atoms with Gasteiger partial charge in [0.05, 0.1) is 16.9 Å². The summed E-state index contributed by atoms with van der Waals surface area (Å²) in [5.74, 6) is -0.583. The van der Waals surface area contributed by atoms with Gasteiger partial charge in [0, 0.05) is 0 Å². The fourth-order valence-corrected chi connectivity index (χ4v) is 1.36. The average molecular weight is 287 g/mol. The van der Waals surface area contributed by atoms with Crippen molar-refractivity contribution in [2.45, 2.75) is 0 Å². The topological polar surface area (TPSA) is 35.0 Å². The van der Waals surface area contributed by atoms with E-state index in [9.17, 15) is 8.78 Å². The van der Waals surface area contributed by atoms with Crippen molar-refractivity contribution >= 4 is 15.9 Å². The summed E-state index contributed by atoms with van der Waals surface area (Å²) in [6.07, 6.45) is 1.97.